The van der Waals surface area contributed by atoms with Crippen LogP contribution in [0.15, 0.2) is 40.7 Å². The molecule has 1 atom stereocenters. The van der Waals surface area contributed by atoms with Crippen LogP contribution in [-0.2, 0) is 18.4 Å². The van der Waals surface area contributed by atoms with Gasteiger partial charge in [-0.25, -0.2) is 14.4 Å². The third kappa shape index (κ3) is 3.43. The number of imidazole rings is 1. The molecule has 1 saturated heterocycles. The molecule has 29 heavy (non-hydrogen) atoms. The molecule has 150 valence electrons. The summed E-state index contributed by atoms with van der Waals surface area (Å²) in [5.74, 6) is 0.0669. The first-order chi connectivity index (χ1) is 13.8. The normalized spacial score (nSPS) is 19.2. The molecule has 1 aromatic heterocycles. The van der Waals surface area contributed by atoms with Crippen LogP contribution < -0.4 is 0 Å². The SMILES string of the molecule is CN1C(=O)C2C(=NC(Sc3nccn3C)=[N+]2Cc2ccc(Cl)c(Cl)c2)N(C)C1=O. The van der Waals surface area contributed by atoms with E-state index in [1.165, 1.54) is 23.7 Å². The highest BCUT2D eigenvalue weighted by atomic mass is 35.5. The number of benzene rings is 1. The van der Waals surface area contributed by atoms with E-state index in [0.29, 0.717) is 27.6 Å². The van der Waals surface area contributed by atoms with Gasteiger partial charge in [-0.3, -0.25) is 14.6 Å². The van der Waals surface area contributed by atoms with Gasteiger partial charge in [0.1, 0.15) is 6.54 Å². The molecule has 0 bridgehead atoms. The third-order valence-corrected chi connectivity index (χ3v) is 6.61. The number of aryl methyl sites for hydroxylation is 1. The predicted molar refractivity (Wildman–Crippen MR) is 112 cm³/mol. The van der Waals surface area contributed by atoms with Crippen LogP contribution in [0.1, 0.15) is 5.56 Å². The summed E-state index contributed by atoms with van der Waals surface area (Å²) >= 11 is 13.5. The fourth-order valence-electron chi connectivity index (χ4n) is 3.18. The van der Waals surface area contributed by atoms with Crippen LogP contribution in [-0.4, -0.2) is 67.0 Å². The van der Waals surface area contributed by atoms with Gasteiger partial charge in [0.25, 0.3) is 17.8 Å². The lowest BCUT2D eigenvalue weighted by molar-refractivity contribution is -0.548. The Morgan fingerprint density at radius 2 is 1.90 bits per heavy atom. The molecular weight excluding hydrogens is 435 g/mol. The second kappa shape index (κ2) is 7.47. The van der Waals surface area contributed by atoms with E-state index >= 15 is 0 Å². The molecule has 2 aromatic rings. The predicted octanol–water partition coefficient (Wildman–Crippen LogP) is 2.69. The van der Waals surface area contributed by atoms with Gasteiger partial charge in [0.15, 0.2) is 5.16 Å². The van der Waals surface area contributed by atoms with E-state index in [2.05, 4.69) is 9.98 Å². The van der Waals surface area contributed by atoms with E-state index in [0.717, 1.165) is 15.6 Å². The molecule has 0 spiro atoms. The minimum absolute atomic E-state index is 0.331. The van der Waals surface area contributed by atoms with Gasteiger partial charge in [-0.15, -0.1) is 0 Å². The average Bonchev–Trinajstić information content (AvgIpc) is 3.25. The van der Waals surface area contributed by atoms with Crippen LogP contribution in [0.5, 0.6) is 0 Å². The van der Waals surface area contributed by atoms with E-state index in [1.54, 1.807) is 25.4 Å². The summed E-state index contributed by atoms with van der Waals surface area (Å²) in [5, 5.41) is 2.19. The van der Waals surface area contributed by atoms with Crippen molar-refractivity contribution in [1.82, 2.24) is 19.4 Å². The number of aliphatic imine (C=N–C) groups is 1. The quantitative estimate of drug-likeness (QED) is 0.672. The number of nitrogens with zero attached hydrogens (tertiary/aromatic N) is 6. The van der Waals surface area contributed by atoms with Crippen LogP contribution in [0.2, 0.25) is 10.0 Å². The number of urea groups is 1. The van der Waals surface area contributed by atoms with Crippen molar-refractivity contribution in [2.45, 2.75) is 17.7 Å². The minimum atomic E-state index is -0.708. The van der Waals surface area contributed by atoms with Crippen molar-refractivity contribution in [1.29, 1.82) is 0 Å². The van der Waals surface area contributed by atoms with E-state index in [-0.39, 0.29) is 5.91 Å². The third-order valence-electron chi connectivity index (χ3n) is 4.79. The number of thioether (sulfide) groups is 1. The Morgan fingerprint density at radius 1 is 1.14 bits per heavy atom. The highest BCUT2D eigenvalue weighted by Gasteiger charge is 2.53. The standard InChI is InChI=1S/C18H17Cl2N6O2S/c1-23-7-6-21-16(23)29-17-22-14-13(15(27)25(3)18(28)24(14)2)26(17)9-10-4-5-11(19)12(20)8-10/h4-8,13H,9H2,1-3H3/q+1. The van der Waals surface area contributed by atoms with Crippen LogP contribution >= 0.6 is 35.0 Å². The molecular formula is C18H17Cl2N6O2S+. The number of amides is 3. The summed E-state index contributed by atoms with van der Waals surface area (Å²) in [7, 11) is 4.96. The first kappa shape index (κ1) is 19.9. The molecule has 1 unspecified atom stereocenters. The van der Waals surface area contributed by atoms with Gasteiger partial charge in [0.05, 0.1) is 10.0 Å². The summed E-state index contributed by atoms with van der Waals surface area (Å²) in [4.78, 5) is 36.8. The number of hydrogen-bond donors (Lipinski definition) is 0. The maximum atomic E-state index is 13.0. The Hall–Kier alpha value is -2.36. The van der Waals surface area contributed by atoms with Gasteiger partial charge < -0.3 is 4.57 Å². The highest BCUT2D eigenvalue weighted by Crippen LogP contribution is 2.29. The van der Waals surface area contributed by atoms with Crippen molar-refractivity contribution in [3.05, 3.63) is 46.2 Å². The molecule has 2 aliphatic heterocycles. The van der Waals surface area contributed by atoms with E-state index in [9.17, 15) is 9.59 Å². The van der Waals surface area contributed by atoms with Gasteiger partial charge in [-0.05, 0) is 22.7 Å². The highest BCUT2D eigenvalue weighted by molar-refractivity contribution is 8.13. The number of aromatic nitrogens is 2. The summed E-state index contributed by atoms with van der Waals surface area (Å²) in [6.45, 7) is 0.364. The number of carbonyl (C=O) groups excluding carboxylic acids is 2. The second-order valence-corrected chi connectivity index (χ2v) is 8.44. The number of imide groups is 1. The van der Waals surface area contributed by atoms with Crippen LogP contribution in [0.3, 0.4) is 0 Å². The number of amidine groups is 2. The maximum absolute atomic E-state index is 13.0. The van der Waals surface area contributed by atoms with Crippen LogP contribution in [0, 0.1) is 0 Å². The van der Waals surface area contributed by atoms with Crippen molar-refractivity contribution >= 4 is 57.9 Å². The Balaban J connectivity index is 1.78. The number of likely N-dealkylation sites (N-methyl/N-ethyl adjacent to an activating group) is 2. The summed E-state index contributed by atoms with van der Waals surface area (Å²) in [6.07, 6.45) is 3.52. The van der Waals surface area contributed by atoms with Crippen molar-refractivity contribution in [3.63, 3.8) is 0 Å². The first-order valence-corrected chi connectivity index (χ1v) is 10.2. The summed E-state index contributed by atoms with van der Waals surface area (Å²) in [6, 6.07) is 4.20. The molecule has 0 radical (unpaired) electrons. The zero-order chi connectivity index (χ0) is 20.9. The van der Waals surface area contributed by atoms with Crippen molar-refractivity contribution < 1.29 is 14.2 Å². The summed E-state index contributed by atoms with van der Waals surface area (Å²) < 4.78 is 3.72. The van der Waals surface area contributed by atoms with E-state index < -0.39 is 12.1 Å². The van der Waals surface area contributed by atoms with E-state index in [4.69, 9.17) is 23.2 Å². The smallest absolute Gasteiger partial charge is 0.329 e. The van der Waals surface area contributed by atoms with Crippen molar-refractivity contribution in [3.8, 4) is 0 Å². The Morgan fingerprint density at radius 3 is 2.55 bits per heavy atom. The number of hydrogen-bond acceptors (Lipinski definition) is 5. The maximum Gasteiger partial charge on any atom is 0.365 e. The number of rotatable bonds is 3. The van der Waals surface area contributed by atoms with Gasteiger partial charge in [-0.2, -0.15) is 0 Å². The van der Waals surface area contributed by atoms with Crippen molar-refractivity contribution in [2.24, 2.45) is 12.0 Å². The lowest BCUT2D eigenvalue weighted by atomic mass is 10.1. The lowest BCUT2D eigenvalue weighted by Crippen LogP contribution is -2.61. The molecule has 3 amide bonds. The molecule has 2 aliphatic rings. The van der Waals surface area contributed by atoms with Crippen LogP contribution in [0.4, 0.5) is 4.79 Å². The molecule has 0 aliphatic carbocycles. The number of carbonyl (C=O) groups is 2. The molecule has 8 nitrogen and oxygen atoms in total. The molecule has 3 heterocycles. The monoisotopic (exact) mass is 451 g/mol. The summed E-state index contributed by atoms with van der Waals surface area (Å²) in [5.41, 5.74) is 0.865. The zero-order valence-electron chi connectivity index (χ0n) is 15.8. The van der Waals surface area contributed by atoms with Gasteiger partial charge >= 0.3 is 11.2 Å². The minimum Gasteiger partial charge on any atom is -0.329 e. The van der Waals surface area contributed by atoms with Crippen LogP contribution in [0.25, 0.3) is 0 Å². The largest absolute Gasteiger partial charge is 0.365 e. The van der Waals surface area contributed by atoms with Crippen molar-refractivity contribution in [2.75, 3.05) is 14.1 Å². The molecule has 11 heteroatoms. The molecule has 0 N–H and O–H groups in total. The fourth-order valence-corrected chi connectivity index (χ4v) is 4.41. The molecule has 0 saturated carbocycles. The molecule has 1 fully saturated rings. The Labute approximate surface area is 181 Å². The first-order valence-electron chi connectivity index (χ1n) is 8.64. The average molecular weight is 452 g/mol. The van der Waals surface area contributed by atoms with Gasteiger partial charge in [0.2, 0.25) is 0 Å². The van der Waals surface area contributed by atoms with E-state index in [1.807, 2.05) is 28.5 Å². The molecule has 1 aromatic carbocycles. The lowest BCUT2D eigenvalue weighted by Gasteiger charge is -2.30. The number of halogens is 2. The Kier molecular flexibility index (Phi) is 5.14. The Bertz CT molecular complexity index is 1100. The fraction of sp³-hybridized carbons (Fsp3) is 0.278. The molecule has 4 rings (SSSR count). The topological polar surface area (TPSA) is 73.8 Å². The zero-order valence-corrected chi connectivity index (χ0v) is 18.2. The van der Waals surface area contributed by atoms with Gasteiger partial charge in [-0.1, -0.05) is 29.3 Å². The number of fused-ring (bicyclic) bond motifs is 1. The van der Waals surface area contributed by atoms with Gasteiger partial charge in [0, 0.05) is 45.3 Å². The second-order valence-electron chi connectivity index (χ2n) is 6.69.